The van der Waals surface area contributed by atoms with E-state index in [1.165, 1.54) is 5.69 Å². The molecule has 0 saturated carbocycles. The number of halogens is 4. The lowest BCUT2D eigenvalue weighted by atomic mass is 10.1. The van der Waals surface area contributed by atoms with Crippen molar-refractivity contribution in [2.75, 3.05) is 37.6 Å². The fraction of sp³-hybridized carbons (Fsp3) is 0.588. The second kappa shape index (κ2) is 9.31. The lowest BCUT2D eigenvalue weighted by Gasteiger charge is -2.18. The summed E-state index contributed by atoms with van der Waals surface area (Å²) in [5.74, 6) is 0.857. The highest BCUT2D eigenvalue weighted by atomic mass is 79.9. The van der Waals surface area contributed by atoms with Crippen LogP contribution in [0, 0.1) is 5.92 Å². The van der Waals surface area contributed by atoms with E-state index >= 15 is 0 Å². The zero-order valence-electron chi connectivity index (χ0n) is 14.2. The second-order valence-corrected chi connectivity index (χ2v) is 7.00. The molecule has 1 atom stereocenters. The Kier molecular flexibility index (Phi) is 7.40. The van der Waals surface area contributed by atoms with Crippen molar-refractivity contribution in [1.29, 1.82) is 0 Å². The monoisotopic (exact) mass is 420 g/mol. The van der Waals surface area contributed by atoms with Crippen LogP contribution in [0.25, 0.3) is 0 Å². The molecule has 1 unspecified atom stereocenters. The number of alkyl halides is 3. The lowest BCUT2D eigenvalue weighted by molar-refractivity contribution is -0.132. The standard InChI is InChI=1S/C17H24BrF3N4/c1-2-22-16(23-9-8-17(19,20)21)24-11-13-7-10-25(12-13)15-5-3-14(18)4-6-15/h3-6,13H,2,7-12H2,1H3,(H2,22,23,24). The fourth-order valence-electron chi connectivity index (χ4n) is 2.75. The first kappa shape index (κ1) is 19.9. The largest absolute Gasteiger partial charge is 0.390 e. The van der Waals surface area contributed by atoms with Gasteiger partial charge in [-0.1, -0.05) is 15.9 Å². The number of guanidine groups is 1. The van der Waals surface area contributed by atoms with Gasteiger partial charge < -0.3 is 15.5 Å². The van der Waals surface area contributed by atoms with Crippen molar-refractivity contribution in [2.45, 2.75) is 25.9 Å². The van der Waals surface area contributed by atoms with E-state index in [0.29, 0.717) is 25.0 Å². The normalized spacial score (nSPS) is 18.5. The number of hydrogen-bond acceptors (Lipinski definition) is 2. The molecule has 2 N–H and O–H groups in total. The molecule has 0 radical (unpaired) electrons. The Morgan fingerprint density at radius 1 is 1.28 bits per heavy atom. The molecule has 0 bridgehead atoms. The molecule has 0 aliphatic carbocycles. The molecule has 1 heterocycles. The van der Waals surface area contributed by atoms with Gasteiger partial charge in [-0.3, -0.25) is 4.99 Å². The van der Waals surface area contributed by atoms with Gasteiger partial charge >= 0.3 is 6.18 Å². The van der Waals surface area contributed by atoms with Crippen LogP contribution in [0.5, 0.6) is 0 Å². The van der Waals surface area contributed by atoms with Crippen molar-refractivity contribution in [2.24, 2.45) is 10.9 Å². The molecule has 1 aliphatic heterocycles. The highest BCUT2D eigenvalue weighted by Crippen LogP contribution is 2.25. The number of hydrogen-bond donors (Lipinski definition) is 2. The summed E-state index contributed by atoms with van der Waals surface area (Å²) in [5.41, 5.74) is 1.19. The van der Waals surface area contributed by atoms with Crippen LogP contribution < -0.4 is 15.5 Å². The predicted molar refractivity (Wildman–Crippen MR) is 99.1 cm³/mol. The van der Waals surface area contributed by atoms with Gasteiger partial charge in [-0.15, -0.1) is 0 Å². The maximum atomic E-state index is 12.2. The van der Waals surface area contributed by atoms with Crippen LogP contribution in [0.3, 0.4) is 0 Å². The molecule has 4 nitrogen and oxygen atoms in total. The van der Waals surface area contributed by atoms with Gasteiger partial charge in [0.25, 0.3) is 0 Å². The van der Waals surface area contributed by atoms with E-state index in [4.69, 9.17) is 0 Å². The van der Waals surface area contributed by atoms with Crippen molar-refractivity contribution in [3.05, 3.63) is 28.7 Å². The SMILES string of the molecule is CCNC(=NCC1CCN(c2ccc(Br)cc2)C1)NCCC(F)(F)F. The zero-order chi connectivity index (χ0) is 18.3. The number of aliphatic imine (C=N–C) groups is 1. The molecule has 1 aliphatic rings. The lowest BCUT2D eigenvalue weighted by Crippen LogP contribution is -2.39. The molecular formula is C17H24BrF3N4. The molecule has 8 heteroatoms. The zero-order valence-corrected chi connectivity index (χ0v) is 15.8. The Bertz CT molecular complexity index is 560. The first-order valence-corrected chi connectivity index (χ1v) is 9.26. The minimum atomic E-state index is -4.15. The van der Waals surface area contributed by atoms with Gasteiger partial charge in [-0.25, -0.2) is 0 Å². The number of nitrogens with one attached hydrogen (secondary N) is 2. The minimum Gasteiger partial charge on any atom is -0.371 e. The highest BCUT2D eigenvalue weighted by molar-refractivity contribution is 9.10. The molecule has 1 fully saturated rings. The van der Waals surface area contributed by atoms with Crippen LogP contribution in [0.2, 0.25) is 0 Å². The van der Waals surface area contributed by atoms with Crippen molar-refractivity contribution < 1.29 is 13.2 Å². The summed E-state index contributed by atoms with van der Waals surface area (Å²) < 4.78 is 37.8. The van der Waals surface area contributed by atoms with Crippen LogP contribution in [-0.2, 0) is 0 Å². The summed E-state index contributed by atoms with van der Waals surface area (Å²) in [5, 5.41) is 5.75. The first-order chi connectivity index (χ1) is 11.9. The van der Waals surface area contributed by atoms with E-state index in [9.17, 15) is 13.2 Å². The van der Waals surface area contributed by atoms with Gasteiger partial charge in [0.05, 0.1) is 6.42 Å². The van der Waals surface area contributed by atoms with E-state index in [-0.39, 0.29) is 6.54 Å². The van der Waals surface area contributed by atoms with Crippen molar-refractivity contribution in [3.63, 3.8) is 0 Å². The van der Waals surface area contributed by atoms with Crippen LogP contribution in [-0.4, -0.2) is 44.9 Å². The summed E-state index contributed by atoms with van der Waals surface area (Å²) in [6.07, 6.45) is -3.99. The van der Waals surface area contributed by atoms with Gasteiger partial charge in [0, 0.05) is 42.9 Å². The van der Waals surface area contributed by atoms with Crippen LogP contribution in [0.15, 0.2) is 33.7 Å². The first-order valence-electron chi connectivity index (χ1n) is 8.47. The topological polar surface area (TPSA) is 39.7 Å². The third-order valence-corrected chi connectivity index (χ3v) is 4.56. The third-order valence-electron chi connectivity index (χ3n) is 4.03. The smallest absolute Gasteiger partial charge is 0.371 e. The summed E-state index contributed by atoms with van der Waals surface area (Å²) in [4.78, 5) is 6.77. The maximum Gasteiger partial charge on any atom is 0.390 e. The highest BCUT2D eigenvalue weighted by Gasteiger charge is 2.26. The van der Waals surface area contributed by atoms with Crippen LogP contribution in [0.1, 0.15) is 19.8 Å². The summed E-state index contributed by atoms with van der Waals surface area (Å²) in [6, 6.07) is 8.21. The predicted octanol–water partition coefficient (Wildman–Crippen LogP) is 3.78. The van der Waals surface area contributed by atoms with E-state index in [1.807, 2.05) is 19.1 Å². The summed E-state index contributed by atoms with van der Waals surface area (Å²) >= 11 is 3.43. The average Bonchev–Trinajstić information content (AvgIpc) is 3.01. The number of nitrogens with zero attached hydrogens (tertiary/aromatic N) is 2. The average molecular weight is 421 g/mol. The molecule has 1 aromatic rings. The molecule has 0 amide bonds. The van der Waals surface area contributed by atoms with Gasteiger partial charge in [0.15, 0.2) is 5.96 Å². The fourth-order valence-corrected chi connectivity index (χ4v) is 3.02. The molecule has 140 valence electrons. The summed E-state index contributed by atoms with van der Waals surface area (Å²) in [7, 11) is 0. The summed E-state index contributed by atoms with van der Waals surface area (Å²) in [6.45, 7) is 4.84. The maximum absolute atomic E-state index is 12.2. The van der Waals surface area contributed by atoms with Gasteiger partial charge in [-0.05, 0) is 43.5 Å². The third kappa shape index (κ3) is 7.13. The second-order valence-electron chi connectivity index (χ2n) is 6.09. The Labute approximate surface area is 155 Å². The van der Waals surface area contributed by atoms with Crippen LogP contribution >= 0.6 is 15.9 Å². The van der Waals surface area contributed by atoms with Crippen molar-refractivity contribution >= 4 is 27.6 Å². The minimum absolute atomic E-state index is 0.162. The van der Waals surface area contributed by atoms with Gasteiger partial charge in [0.2, 0.25) is 0 Å². The van der Waals surface area contributed by atoms with E-state index in [0.717, 1.165) is 24.0 Å². The Hall–Kier alpha value is -1.44. The Balaban J connectivity index is 1.82. The van der Waals surface area contributed by atoms with Crippen LogP contribution in [0.4, 0.5) is 18.9 Å². The molecule has 2 rings (SSSR count). The Morgan fingerprint density at radius 3 is 2.64 bits per heavy atom. The van der Waals surface area contributed by atoms with Crippen molar-refractivity contribution in [3.8, 4) is 0 Å². The van der Waals surface area contributed by atoms with Gasteiger partial charge in [0.1, 0.15) is 0 Å². The van der Waals surface area contributed by atoms with Crippen molar-refractivity contribution in [1.82, 2.24) is 10.6 Å². The molecular weight excluding hydrogens is 397 g/mol. The van der Waals surface area contributed by atoms with E-state index in [1.54, 1.807) is 0 Å². The molecule has 25 heavy (non-hydrogen) atoms. The Morgan fingerprint density at radius 2 is 2.00 bits per heavy atom. The molecule has 0 aromatic heterocycles. The number of rotatable bonds is 6. The quantitative estimate of drug-likeness (QED) is 0.543. The van der Waals surface area contributed by atoms with E-state index < -0.39 is 12.6 Å². The molecule has 1 aromatic carbocycles. The number of anilines is 1. The number of benzene rings is 1. The van der Waals surface area contributed by atoms with Gasteiger partial charge in [-0.2, -0.15) is 13.2 Å². The molecule has 1 saturated heterocycles. The van der Waals surface area contributed by atoms with E-state index in [2.05, 4.69) is 48.6 Å². The molecule has 0 spiro atoms.